The molecule has 1 N–H and O–H groups in total. The second kappa shape index (κ2) is 9.22. The van der Waals surface area contributed by atoms with E-state index in [2.05, 4.69) is 28.4 Å². The topological polar surface area (TPSA) is 57.8 Å². The van der Waals surface area contributed by atoms with Crippen LogP contribution in [-0.2, 0) is 0 Å². The molecule has 8 heteroatoms. The third-order valence-corrected chi connectivity index (χ3v) is 7.23. The van der Waals surface area contributed by atoms with Gasteiger partial charge in [-0.15, -0.1) is 0 Å². The fourth-order valence-corrected chi connectivity index (χ4v) is 5.39. The van der Waals surface area contributed by atoms with Gasteiger partial charge < -0.3 is 10.2 Å². The predicted molar refractivity (Wildman–Crippen MR) is 155 cm³/mol. The fraction of sp³-hybridized carbons (Fsp3) is 0.0645. The number of nitrogens with one attached hydrogen (secondary N) is 1. The lowest BCUT2D eigenvalue weighted by Crippen LogP contribution is -2.46. The first-order valence-corrected chi connectivity index (χ1v) is 12.9. The Kier molecular flexibility index (Phi) is 5.52. The van der Waals surface area contributed by atoms with Gasteiger partial charge in [0, 0.05) is 11.3 Å². The van der Waals surface area contributed by atoms with Gasteiger partial charge in [0.2, 0.25) is 0 Å². The largest absolute Gasteiger partial charge is 0.337 e. The Morgan fingerprint density at radius 1 is 0.846 bits per heavy atom. The van der Waals surface area contributed by atoms with Crippen LogP contribution in [-0.4, -0.2) is 21.5 Å². The molecule has 0 saturated carbocycles. The van der Waals surface area contributed by atoms with Gasteiger partial charge in [-0.2, -0.15) is 5.10 Å². The summed E-state index contributed by atoms with van der Waals surface area (Å²) < 4.78 is 15.8. The first kappa shape index (κ1) is 23.4. The molecule has 39 heavy (non-hydrogen) atoms. The summed E-state index contributed by atoms with van der Waals surface area (Å²) in [5.74, 6) is 1.42. The van der Waals surface area contributed by atoms with E-state index in [0.29, 0.717) is 17.4 Å². The van der Waals surface area contributed by atoms with Crippen LogP contribution in [0.1, 0.15) is 22.9 Å². The Bertz CT molecular complexity index is 1780. The summed E-state index contributed by atoms with van der Waals surface area (Å²) in [5.41, 5.74) is 6.27. The Morgan fingerprint density at radius 2 is 1.56 bits per heavy atom. The van der Waals surface area contributed by atoms with Gasteiger partial charge >= 0.3 is 0 Å². The molecule has 0 saturated heterocycles. The normalized spacial score (nSPS) is 15.6. The van der Waals surface area contributed by atoms with E-state index in [1.165, 1.54) is 6.07 Å². The Morgan fingerprint density at radius 3 is 2.33 bits per heavy atom. The number of rotatable bonds is 3. The Balaban J connectivity index is 1.49. The second-order valence-corrected chi connectivity index (χ2v) is 9.80. The molecule has 0 aliphatic carbocycles. The van der Waals surface area contributed by atoms with Crippen molar-refractivity contribution in [1.29, 1.82) is 0 Å². The van der Waals surface area contributed by atoms with Gasteiger partial charge in [0.1, 0.15) is 5.82 Å². The number of fused-ring (bicyclic) bond motifs is 4. The molecule has 190 valence electrons. The molecule has 0 bridgehead atoms. The zero-order valence-electron chi connectivity index (χ0n) is 20.9. The number of nitrogens with zero attached hydrogens (tertiary/aromatic N) is 5. The number of halogens is 2. The summed E-state index contributed by atoms with van der Waals surface area (Å²) in [6.45, 7) is 2.03. The van der Waals surface area contributed by atoms with Gasteiger partial charge in [0.25, 0.3) is 0 Å². The van der Waals surface area contributed by atoms with E-state index in [4.69, 9.17) is 26.7 Å². The minimum atomic E-state index is -0.481. The van der Waals surface area contributed by atoms with E-state index in [9.17, 15) is 4.39 Å². The van der Waals surface area contributed by atoms with E-state index in [1.807, 2.05) is 78.3 Å². The highest BCUT2D eigenvalue weighted by Gasteiger charge is 2.41. The number of aliphatic imine (C=N–C) groups is 2. The summed E-state index contributed by atoms with van der Waals surface area (Å²) in [6.07, 6.45) is 0. The molecule has 3 heterocycles. The molecular formula is C31H22ClFN6. The number of hydrogen-bond acceptors (Lipinski definition) is 5. The summed E-state index contributed by atoms with van der Waals surface area (Å²) in [6, 6.07) is 32.6. The number of benzene rings is 4. The Labute approximate surface area is 229 Å². The lowest BCUT2D eigenvalue weighted by molar-refractivity contribution is 0.628. The molecule has 0 spiro atoms. The molecule has 5 aromatic rings. The van der Waals surface area contributed by atoms with E-state index in [1.54, 1.807) is 12.1 Å². The van der Waals surface area contributed by atoms with Crippen LogP contribution in [0.5, 0.6) is 0 Å². The molecule has 0 radical (unpaired) electrons. The highest BCUT2D eigenvalue weighted by molar-refractivity contribution is 6.51. The van der Waals surface area contributed by atoms with Crippen LogP contribution in [0, 0.1) is 12.7 Å². The smallest absolute Gasteiger partial charge is 0.179 e. The minimum Gasteiger partial charge on any atom is -0.337 e. The van der Waals surface area contributed by atoms with Crippen LogP contribution in [0.25, 0.3) is 5.69 Å². The Hall–Kier alpha value is -4.75. The number of aryl methyl sites for hydroxylation is 1. The van der Waals surface area contributed by atoms with Crippen LogP contribution in [0.2, 0.25) is 5.02 Å². The first-order chi connectivity index (χ1) is 19.1. The lowest BCUT2D eigenvalue weighted by Gasteiger charge is -2.40. The van der Waals surface area contributed by atoms with Crippen molar-refractivity contribution in [3.63, 3.8) is 0 Å². The zero-order valence-corrected chi connectivity index (χ0v) is 21.6. The number of hydrogen-bond donors (Lipinski definition) is 1. The molecule has 4 aromatic carbocycles. The van der Waals surface area contributed by atoms with Gasteiger partial charge in [0.05, 0.1) is 33.8 Å². The zero-order chi connectivity index (χ0) is 26.5. The third-order valence-electron chi connectivity index (χ3n) is 6.94. The maximum Gasteiger partial charge on any atom is 0.179 e. The van der Waals surface area contributed by atoms with E-state index < -0.39 is 5.82 Å². The highest BCUT2D eigenvalue weighted by atomic mass is 35.5. The minimum absolute atomic E-state index is 0.0291. The monoisotopic (exact) mass is 532 g/mol. The summed E-state index contributed by atoms with van der Waals surface area (Å²) in [5, 5.41) is 8.33. The fourth-order valence-electron chi connectivity index (χ4n) is 5.21. The average Bonchev–Trinajstić information content (AvgIpc) is 3.31. The van der Waals surface area contributed by atoms with Crippen LogP contribution in [0.15, 0.2) is 113 Å². The van der Waals surface area contributed by atoms with Crippen molar-refractivity contribution in [2.75, 3.05) is 10.2 Å². The standard InChI is InChI=1S/C31H22ClFN6/c1-19-27-28(20-10-4-2-5-11-20)38-26-15-9-8-14-25(26)35-29(34-21-16-17-24(33)23(32)18-21)31(38)36-30(27)39(37-19)22-12-6-3-7-13-22/h2-18,28H,1H3,(H,34,35). The molecule has 1 unspecified atom stereocenters. The van der Waals surface area contributed by atoms with E-state index in [0.717, 1.165) is 39.7 Å². The highest BCUT2D eigenvalue weighted by Crippen LogP contribution is 2.48. The van der Waals surface area contributed by atoms with Crippen molar-refractivity contribution in [2.45, 2.75) is 13.0 Å². The molecule has 1 aromatic heterocycles. The molecule has 0 amide bonds. The van der Waals surface area contributed by atoms with Crippen LogP contribution in [0.4, 0.5) is 27.3 Å². The summed E-state index contributed by atoms with van der Waals surface area (Å²) in [4.78, 5) is 12.4. The molecule has 1 atom stereocenters. The maximum atomic E-state index is 13.9. The third kappa shape index (κ3) is 3.90. The van der Waals surface area contributed by atoms with E-state index in [-0.39, 0.29) is 11.1 Å². The van der Waals surface area contributed by atoms with Gasteiger partial charge in [-0.3, -0.25) is 0 Å². The number of amidine groups is 2. The average molecular weight is 533 g/mol. The summed E-state index contributed by atoms with van der Waals surface area (Å²) >= 11 is 6.10. The number of para-hydroxylation sites is 3. The van der Waals surface area contributed by atoms with Crippen LogP contribution >= 0.6 is 11.6 Å². The van der Waals surface area contributed by atoms with Gasteiger partial charge in [-0.25, -0.2) is 19.1 Å². The second-order valence-electron chi connectivity index (χ2n) is 9.39. The van der Waals surface area contributed by atoms with Crippen molar-refractivity contribution < 1.29 is 4.39 Å². The SMILES string of the molecule is Cc1nn(-c2ccccc2)c2c1C(c1ccccc1)N1C(=N2)C(Nc2ccc(F)c(Cl)c2)=Nc2ccccc21. The number of anilines is 2. The molecule has 2 aliphatic rings. The van der Waals surface area contributed by atoms with Crippen molar-refractivity contribution in [2.24, 2.45) is 9.98 Å². The maximum absolute atomic E-state index is 13.9. The van der Waals surface area contributed by atoms with Gasteiger partial charge in [0.15, 0.2) is 17.5 Å². The summed E-state index contributed by atoms with van der Waals surface area (Å²) in [7, 11) is 0. The van der Waals surface area contributed by atoms with Gasteiger partial charge in [-0.1, -0.05) is 72.3 Å². The van der Waals surface area contributed by atoms with Crippen LogP contribution < -0.4 is 10.2 Å². The van der Waals surface area contributed by atoms with E-state index >= 15 is 0 Å². The van der Waals surface area contributed by atoms with Gasteiger partial charge in [-0.05, 0) is 55.0 Å². The quantitative estimate of drug-likeness (QED) is 0.258. The predicted octanol–water partition coefficient (Wildman–Crippen LogP) is 7.77. The molecule has 2 aliphatic heterocycles. The number of aromatic nitrogens is 2. The molecule has 6 nitrogen and oxygen atoms in total. The molecular weight excluding hydrogens is 511 g/mol. The van der Waals surface area contributed by atoms with Crippen molar-refractivity contribution in [3.8, 4) is 5.69 Å². The van der Waals surface area contributed by atoms with Crippen molar-refractivity contribution >= 4 is 46.2 Å². The van der Waals surface area contributed by atoms with Crippen molar-refractivity contribution in [3.05, 3.63) is 131 Å². The first-order valence-electron chi connectivity index (χ1n) is 12.6. The molecule has 7 rings (SSSR count). The van der Waals surface area contributed by atoms with Crippen LogP contribution in [0.3, 0.4) is 0 Å². The lowest BCUT2D eigenvalue weighted by atomic mass is 9.93. The molecule has 0 fully saturated rings. The van der Waals surface area contributed by atoms with Crippen molar-refractivity contribution in [1.82, 2.24) is 9.78 Å².